The molecule has 0 atom stereocenters. The second-order valence-electron chi connectivity index (χ2n) is 6.95. The molecule has 3 aromatic carbocycles. The van der Waals surface area contributed by atoms with Gasteiger partial charge in [0.25, 0.3) is 20.0 Å². The summed E-state index contributed by atoms with van der Waals surface area (Å²) in [5.74, 6) is -1.05. The van der Waals surface area contributed by atoms with Crippen molar-refractivity contribution in [2.24, 2.45) is 0 Å². The van der Waals surface area contributed by atoms with Gasteiger partial charge in [-0.05, 0) is 48.5 Å². The van der Waals surface area contributed by atoms with E-state index in [1.807, 2.05) is 4.72 Å². The number of alkyl halides is 6. The predicted octanol–water partition coefficient (Wildman–Crippen LogP) is 5.46. The van der Waals surface area contributed by atoms with E-state index in [0.717, 1.165) is 36.4 Å². The number of benzene rings is 3. The topological polar surface area (TPSA) is 92.3 Å². The van der Waals surface area contributed by atoms with Crippen LogP contribution in [-0.2, 0) is 32.4 Å². The first-order valence-electron chi connectivity index (χ1n) is 9.19. The van der Waals surface area contributed by atoms with Crippen molar-refractivity contribution in [1.29, 1.82) is 0 Å². The predicted molar refractivity (Wildman–Crippen MR) is 111 cm³/mol. The van der Waals surface area contributed by atoms with Crippen LogP contribution in [0.15, 0.2) is 76.5 Å². The molecule has 3 aromatic rings. The third-order valence-corrected chi connectivity index (χ3v) is 7.14. The summed E-state index contributed by atoms with van der Waals surface area (Å²) in [6.07, 6.45) is -9.72. The lowest BCUT2D eigenvalue weighted by Gasteiger charge is -2.16. The van der Waals surface area contributed by atoms with E-state index in [-0.39, 0.29) is 0 Å². The quantitative estimate of drug-likeness (QED) is 0.405. The van der Waals surface area contributed by atoms with Crippen LogP contribution in [0.25, 0.3) is 0 Å². The minimum absolute atomic E-state index is 0.314. The molecule has 0 saturated carbocycles. The first kappa shape index (κ1) is 26.3. The lowest BCUT2D eigenvalue weighted by molar-refractivity contribution is -0.138. The van der Waals surface area contributed by atoms with Gasteiger partial charge < -0.3 is 0 Å². The summed E-state index contributed by atoms with van der Waals surface area (Å²) < 4.78 is 146. The fourth-order valence-corrected chi connectivity index (χ4v) is 5.02. The second kappa shape index (κ2) is 9.03. The summed E-state index contributed by atoms with van der Waals surface area (Å²) in [5, 5.41) is 0. The molecule has 3 rings (SSSR count). The van der Waals surface area contributed by atoms with E-state index in [0.29, 0.717) is 30.3 Å². The van der Waals surface area contributed by atoms with Crippen molar-refractivity contribution in [3.8, 4) is 0 Å². The molecule has 188 valence electrons. The van der Waals surface area contributed by atoms with Crippen LogP contribution in [0.5, 0.6) is 0 Å². The van der Waals surface area contributed by atoms with Gasteiger partial charge in [-0.15, -0.1) is 0 Å². The van der Waals surface area contributed by atoms with E-state index in [4.69, 9.17) is 0 Å². The lowest BCUT2D eigenvalue weighted by atomic mass is 10.2. The largest absolute Gasteiger partial charge is 0.416 e. The van der Waals surface area contributed by atoms with Gasteiger partial charge in [-0.3, -0.25) is 9.44 Å². The third kappa shape index (κ3) is 6.22. The number of nitrogens with one attached hydrogen (secondary N) is 2. The van der Waals surface area contributed by atoms with Crippen LogP contribution in [0.3, 0.4) is 0 Å². The van der Waals surface area contributed by atoms with E-state index in [1.165, 1.54) is 0 Å². The van der Waals surface area contributed by atoms with Crippen molar-refractivity contribution < 1.29 is 47.6 Å². The molecule has 15 heteroatoms. The Morgan fingerprint density at radius 3 is 1.43 bits per heavy atom. The number of halogens is 7. The van der Waals surface area contributed by atoms with Gasteiger partial charge in [-0.2, -0.15) is 26.3 Å². The molecule has 0 aliphatic rings. The molecule has 0 aromatic heterocycles. The first-order valence-corrected chi connectivity index (χ1v) is 12.2. The van der Waals surface area contributed by atoms with Crippen LogP contribution in [0, 0.1) is 5.82 Å². The van der Waals surface area contributed by atoms with Gasteiger partial charge >= 0.3 is 12.4 Å². The molecule has 0 aliphatic heterocycles. The molecule has 0 amide bonds. The summed E-state index contributed by atoms with van der Waals surface area (Å²) in [6.45, 7) is 0. The normalized spacial score (nSPS) is 12.9. The Morgan fingerprint density at radius 2 is 1.00 bits per heavy atom. The summed E-state index contributed by atoms with van der Waals surface area (Å²) >= 11 is 0. The molecule has 35 heavy (non-hydrogen) atoms. The number of hydrogen-bond acceptors (Lipinski definition) is 4. The zero-order chi connectivity index (χ0) is 26.2. The summed E-state index contributed by atoms with van der Waals surface area (Å²) in [4.78, 5) is -1.69. The number of anilines is 2. The highest BCUT2D eigenvalue weighted by molar-refractivity contribution is 7.93. The number of sulfonamides is 2. The van der Waals surface area contributed by atoms with Crippen molar-refractivity contribution in [3.63, 3.8) is 0 Å². The maximum atomic E-state index is 13.8. The molecule has 2 N–H and O–H groups in total. The van der Waals surface area contributed by atoms with Gasteiger partial charge in [0.05, 0.1) is 32.3 Å². The molecule has 0 aliphatic carbocycles. The maximum Gasteiger partial charge on any atom is 0.416 e. The van der Waals surface area contributed by atoms with Gasteiger partial charge in [0.15, 0.2) is 0 Å². The standard InChI is InChI=1S/C20H13F7N2O4S2/c21-14-7-8-17(28-34(30,31)15-5-1-3-12(9-15)19(22,23)24)18(11-14)29-35(32,33)16-6-2-4-13(10-16)20(25,26)27/h1-11,28-29H. The molecule has 0 saturated heterocycles. The summed E-state index contributed by atoms with van der Waals surface area (Å²) in [6, 6.07) is 7.26. The van der Waals surface area contributed by atoms with Crippen LogP contribution in [-0.4, -0.2) is 16.8 Å². The van der Waals surface area contributed by atoms with Gasteiger partial charge in [-0.25, -0.2) is 21.2 Å². The van der Waals surface area contributed by atoms with Crippen molar-refractivity contribution in [3.05, 3.63) is 83.7 Å². The van der Waals surface area contributed by atoms with Crippen LogP contribution < -0.4 is 9.44 Å². The Hall–Kier alpha value is -3.33. The van der Waals surface area contributed by atoms with Crippen LogP contribution in [0.4, 0.5) is 42.1 Å². The van der Waals surface area contributed by atoms with Crippen LogP contribution in [0.1, 0.15) is 11.1 Å². The summed E-state index contributed by atoms with van der Waals surface area (Å²) in [7, 11) is -9.52. The highest BCUT2D eigenvalue weighted by Crippen LogP contribution is 2.34. The van der Waals surface area contributed by atoms with Crippen molar-refractivity contribution in [1.82, 2.24) is 0 Å². The Bertz CT molecular complexity index is 1470. The van der Waals surface area contributed by atoms with Crippen molar-refractivity contribution in [2.75, 3.05) is 9.44 Å². The summed E-state index contributed by atoms with van der Waals surface area (Å²) in [5.41, 5.74) is -3.88. The highest BCUT2D eigenvalue weighted by atomic mass is 32.2. The van der Waals surface area contributed by atoms with Crippen molar-refractivity contribution in [2.45, 2.75) is 22.1 Å². The van der Waals surface area contributed by atoms with Gasteiger partial charge in [0.2, 0.25) is 0 Å². The fourth-order valence-electron chi connectivity index (χ4n) is 2.78. The average molecular weight is 542 g/mol. The molecule has 0 unspecified atom stereocenters. The lowest BCUT2D eigenvalue weighted by Crippen LogP contribution is -2.19. The maximum absolute atomic E-state index is 13.8. The minimum atomic E-state index is -4.86. The molecule has 0 bridgehead atoms. The molecule has 6 nitrogen and oxygen atoms in total. The molecular formula is C20H13F7N2O4S2. The molecule has 0 heterocycles. The third-order valence-electron chi connectivity index (χ3n) is 4.41. The zero-order valence-corrected chi connectivity index (χ0v) is 18.6. The van der Waals surface area contributed by atoms with E-state index >= 15 is 0 Å². The highest BCUT2D eigenvalue weighted by Gasteiger charge is 2.33. The Kier molecular flexibility index (Phi) is 6.78. The number of rotatable bonds is 6. The monoisotopic (exact) mass is 542 g/mol. The van der Waals surface area contributed by atoms with E-state index < -0.39 is 70.5 Å². The molecule has 0 fully saturated rings. The second-order valence-corrected chi connectivity index (χ2v) is 10.3. The molecule has 0 radical (unpaired) electrons. The van der Waals surface area contributed by atoms with Crippen LogP contribution >= 0.6 is 0 Å². The first-order chi connectivity index (χ1) is 16.0. The minimum Gasteiger partial charge on any atom is -0.277 e. The van der Waals surface area contributed by atoms with E-state index in [1.54, 1.807) is 4.72 Å². The average Bonchev–Trinajstić information content (AvgIpc) is 2.74. The Morgan fingerprint density at radius 1 is 0.571 bits per heavy atom. The van der Waals surface area contributed by atoms with E-state index in [9.17, 15) is 47.6 Å². The Balaban J connectivity index is 1.99. The van der Waals surface area contributed by atoms with Gasteiger partial charge in [-0.1, -0.05) is 12.1 Å². The van der Waals surface area contributed by atoms with Gasteiger partial charge in [0.1, 0.15) is 5.82 Å². The zero-order valence-electron chi connectivity index (χ0n) is 16.9. The smallest absolute Gasteiger partial charge is 0.277 e. The molecule has 0 spiro atoms. The van der Waals surface area contributed by atoms with E-state index in [2.05, 4.69) is 0 Å². The SMILES string of the molecule is O=S(=O)(Nc1ccc(F)cc1NS(=O)(=O)c1cccc(C(F)(F)F)c1)c1cccc(C(F)(F)F)c1. The van der Waals surface area contributed by atoms with Gasteiger partial charge in [0, 0.05) is 6.07 Å². The molecular weight excluding hydrogens is 529 g/mol. The van der Waals surface area contributed by atoms with Crippen LogP contribution in [0.2, 0.25) is 0 Å². The number of hydrogen-bond donors (Lipinski definition) is 2. The Labute approximate surface area is 194 Å². The fraction of sp³-hybridized carbons (Fsp3) is 0.100. The van der Waals surface area contributed by atoms with Crippen molar-refractivity contribution >= 4 is 31.4 Å².